The van der Waals surface area contributed by atoms with Gasteiger partial charge in [-0.15, -0.1) is 0 Å². The number of hydrogen-bond donors (Lipinski definition) is 4. The van der Waals surface area contributed by atoms with Crippen molar-refractivity contribution in [1.29, 1.82) is 0 Å². The quantitative estimate of drug-likeness (QED) is 0.451. The molecule has 2 atom stereocenters. The second-order valence-electron chi connectivity index (χ2n) is 4.91. The molecule has 21 heavy (non-hydrogen) atoms. The Morgan fingerprint density at radius 2 is 2.29 bits per heavy atom. The maximum Gasteiger partial charge on any atom is 0.419 e. The molecule has 1 amide bonds. The third-order valence-electron chi connectivity index (χ3n) is 3.63. The summed E-state index contributed by atoms with van der Waals surface area (Å²) >= 11 is 0. The minimum atomic E-state index is -1.19. The molecule has 2 heterocycles. The van der Waals surface area contributed by atoms with Gasteiger partial charge in [0.05, 0.1) is 4.92 Å². The van der Waals surface area contributed by atoms with Crippen LogP contribution in [0.15, 0.2) is 6.20 Å². The molecule has 0 radical (unpaired) electrons. The van der Waals surface area contributed by atoms with Crippen molar-refractivity contribution in [1.82, 2.24) is 25.9 Å². The van der Waals surface area contributed by atoms with Gasteiger partial charge in [0.1, 0.15) is 11.9 Å². The molecule has 1 aliphatic heterocycles. The number of amides is 1. The molecule has 0 aromatic carbocycles. The van der Waals surface area contributed by atoms with E-state index in [1.807, 2.05) is 0 Å². The van der Waals surface area contributed by atoms with Gasteiger partial charge in [0, 0.05) is 19.0 Å². The van der Waals surface area contributed by atoms with Crippen LogP contribution in [-0.2, 0) is 7.05 Å². The van der Waals surface area contributed by atoms with E-state index in [1.165, 1.54) is 10.9 Å². The fraction of sp³-hybridized carbons (Fsp3) is 0.636. The molecule has 2 unspecified atom stereocenters. The van der Waals surface area contributed by atoms with Crippen LogP contribution in [0.25, 0.3) is 0 Å². The van der Waals surface area contributed by atoms with Crippen LogP contribution in [0, 0.1) is 10.1 Å². The molecular weight excluding hydrogens is 280 g/mol. The first-order valence-corrected chi connectivity index (χ1v) is 6.62. The first kappa shape index (κ1) is 15.2. The standard InChI is InChI=1S/C11H18N6O4/c1-16-10(9(6-13-16)17(20)21)7-2-4-12-5-3-8(7)14-15-11(18)19/h6-8,12,14-15H,2-5H2,1H3,(H,18,19). The predicted octanol–water partition coefficient (Wildman–Crippen LogP) is -0.0639. The lowest BCUT2D eigenvalue weighted by Crippen LogP contribution is -2.47. The first-order chi connectivity index (χ1) is 10.0. The number of carbonyl (C=O) groups is 1. The summed E-state index contributed by atoms with van der Waals surface area (Å²) < 4.78 is 1.49. The largest absolute Gasteiger partial charge is 0.464 e. The summed E-state index contributed by atoms with van der Waals surface area (Å²) in [4.78, 5) is 21.3. The number of hydrogen-bond acceptors (Lipinski definition) is 6. The highest BCUT2D eigenvalue weighted by atomic mass is 16.6. The van der Waals surface area contributed by atoms with Crippen molar-refractivity contribution in [2.24, 2.45) is 7.05 Å². The van der Waals surface area contributed by atoms with E-state index in [-0.39, 0.29) is 17.6 Å². The first-order valence-electron chi connectivity index (χ1n) is 6.62. The Bertz CT molecular complexity index is 531. The Morgan fingerprint density at radius 1 is 1.57 bits per heavy atom. The Kier molecular flexibility index (Phi) is 4.70. The van der Waals surface area contributed by atoms with Gasteiger partial charge in [0.15, 0.2) is 0 Å². The summed E-state index contributed by atoms with van der Waals surface area (Å²) in [5, 5.41) is 27.0. The van der Waals surface area contributed by atoms with Crippen LogP contribution in [0.4, 0.5) is 10.5 Å². The smallest absolute Gasteiger partial charge is 0.419 e. The molecule has 1 aromatic rings. The fourth-order valence-electron chi connectivity index (χ4n) is 2.70. The SMILES string of the molecule is Cn1ncc([N+](=O)[O-])c1C1CCNCCC1NNC(=O)O. The average molecular weight is 298 g/mol. The normalized spacial score (nSPS) is 22.5. The van der Waals surface area contributed by atoms with E-state index in [4.69, 9.17) is 5.11 Å². The molecule has 0 spiro atoms. The maximum absolute atomic E-state index is 11.1. The summed E-state index contributed by atoms with van der Waals surface area (Å²) in [6.07, 6.45) is 1.34. The second kappa shape index (κ2) is 6.50. The fourth-order valence-corrected chi connectivity index (χ4v) is 2.70. The summed E-state index contributed by atoms with van der Waals surface area (Å²) in [6, 6.07) is -0.245. The van der Waals surface area contributed by atoms with Crippen LogP contribution in [0.2, 0.25) is 0 Å². The van der Waals surface area contributed by atoms with Gasteiger partial charge in [0.2, 0.25) is 0 Å². The molecule has 1 fully saturated rings. The lowest BCUT2D eigenvalue weighted by Gasteiger charge is -2.25. The van der Waals surface area contributed by atoms with Gasteiger partial charge in [-0.3, -0.25) is 20.2 Å². The van der Waals surface area contributed by atoms with Crippen molar-refractivity contribution in [3.05, 3.63) is 22.0 Å². The van der Waals surface area contributed by atoms with E-state index in [2.05, 4.69) is 21.3 Å². The molecule has 0 saturated carbocycles. The molecule has 4 N–H and O–H groups in total. The number of nitro groups is 1. The van der Waals surface area contributed by atoms with Crippen LogP contribution in [0.3, 0.4) is 0 Å². The van der Waals surface area contributed by atoms with Crippen molar-refractivity contribution in [2.75, 3.05) is 13.1 Å². The molecule has 10 nitrogen and oxygen atoms in total. The summed E-state index contributed by atoms with van der Waals surface area (Å²) in [6.45, 7) is 1.42. The Labute approximate surface area is 120 Å². The van der Waals surface area contributed by atoms with Gasteiger partial charge in [-0.1, -0.05) is 0 Å². The number of carboxylic acid groups (broad SMARTS) is 1. The average Bonchev–Trinajstić information content (AvgIpc) is 2.67. The molecule has 0 bridgehead atoms. The minimum Gasteiger partial charge on any atom is -0.464 e. The number of aryl methyl sites for hydroxylation is 1. The van der Waals surface area contributed by atoms with E-state index in [0.717, 1.165) is 0 Å². The van der Waals surface area contributed by atoms with Gasteiger partial charge < -0.3 is 10.4 Å². The van der Waals surface area contributed by atoms with Crippen LogP contribution in [-0.4, -0.2) is 45.0 Å². The molecule has 116 valence electrons. The number of nitrogens with one attached hydrogen (secondary N) is 3. The zero-order chi connectivity index (χ0) is 15.4. The van der Waals surface area contributed by atoms with Gasteiger partial charge >= 0.3 is 11.8 Å². The second-order valence-corrected chi connectivity index (χ2v) is 4.91. The third kappa shape index (κ3) is 3.47. The highest BCUT2D eigenvalue weighted by Gasteiger charge is 2.33. The summed E-state index contributed by atoms with van der Waals surface area (Å²) in [5.41, 5.74) is 5.35. The van der Waals surface area contributed by atoms with Crippen LogP contribution >= 0.6 is 0 Å². The predicted molar refractivity (Wildman–Crippen MR) is 72.8 cm³/mol. The summed E-state index contributed by atoms with van der Waals surface area (Å²) in [7, 11) is 1.66. The molecular formula is C11H18N6O4. The molecule has 1 saturated heterocycles. The number of nitrogens with zero attached hydrogens (tertiary/aromatic N) is 3. The van der Waals surface area contributed by atoms with Gasteiger partial charge in [-0.2, -0.15) is 5.10 Å². The van der Waals surface area contributed by atoms with Crippen molar-refractivity contribution in [3.63, 3.8) is 0 Å². The summed E-state index contributed by atoms with van der Waals surface area (Å²) in [5.74, 6) is -0.209. The van der Waals surface area contributed by atoms with Crippen molar-refractivity contribution in [3.8, 4) is 0 Å². The van der Waals surface area contributed by atoms with E-state index >= 15 is 0 Å². The highest BCUT2D eigenvalue weighted by Crippen LogP contribution is 2.32. The highest BCUT2D eigenvalue weighted by molar-refractivity contribution is 5.63. The topological polar surface area (TPSA) is 134 Å². The van der Waals surface area contributed by atoms with Gasteiger partial charge in [0.25, 0.3) is 0 Å². The Balaban J connectivity index is 2.29. The Hall–Kier alpha value is -2.20. The Morgan fingerprint density at radius 3 is 2.95 bits per heavy atom. The molecule has 2 rings (SSSR count). The third-order valence-corrected chi connectivity index (χ3v) is 3.63. The van der Waals surface area contributed by atoms with Crippen LogP contribution in [0.5, 0.6) is 0 Å². The molecule has 0 aliphatic carbocycles. The van der Waals surface area contributed by atoms with E-state index in [1.54, 1.807) is 7.05 Å². The number of rotatable bonds is 4. The van der Waals surface area contributed by atoms with E-state index in [9.17, 15) is 14.9 Å². The lowest BCUT2D eigenvalue weighted by atomic mass is 9.91. The maximum atomic E-state index is 11.1. The lowest BCUT2D eigenvalue weighted by molar-refractivity contribution is -0.385. The van der Waals surface area contributed by atoms with Crippen molar-refractivity contribution in [2.45, 2.75) is 24.8 Å². The zero-order valence-electron chi connectivity index (χ0n) is 11.6. The minimum absolute atomic E-state index is 0.0356. The molecule has 1 aliphatic rings. The molecule has 10 heteroatoms. The van der Waals surface area contributed by atoms with Gasteiger partial charge in [-0.05, 0) is 25.9 Å². The van der Waals surface area contributed by atoms with Gasteiger partial charge in [-0.25, -0.2) is 10.2 Å². The monoisotopic (exact) mass is 298 g/mol. The number of aromatic nitrogens is 2. The van der Waals surface area contributed by atoms with E-state index in [0.29, 0.717) is 31.6 Å². The van der Waals surface area contributed by atoms with Crippen LogP contribution in [0.1, 0.15) is 24.5 Å². The number of hydrazine groups is 1. The molecule has 1 aromatic heterocycles. The van der Waals surface area contributed by atoms with Crippen LogP contribution < -0.4 is 16.2 Å². The van der Waals surface area contributed by atoms with E-state index < -0.39 is 11.0 Å². The van der Waals surface area contributed by atoms with Crippen molar-refractivity contribution >= 4 is 11.8 Å². The van der Waals surface area contributed by atoms with Crippen molar-refractivity contribution < 1.29 is 14.8 Å². The zero-order valence-corrected chi connectivity index (χ0v) is 11.6.